The molecule has 1 aliphatic rings. The molecule has 0 radical (unpaired) electrons. The second kappa shape index (κ2) is 7.20. The van der Waals surface area contributed by atoms with Crippen molar-refractivity contribution in [1.82, 2.24) is 5.32 Å². The van der Waals surface area contributed by atoms with E-state index in [0.717, 1.165) is 6.42 Å². The minimum absolute atomic E-state index is 0.0574. The summed E-state index contributed by atoms with van der Waals surface area (Å²) in [5.41, 5.74) is 0.487. The van der Waals surface area contributed by atoms with Gasteiger partial charge in [0.15, 0.2) is 19.7 Å². The van der Waals surface area contributed by atoms with E-state index in [4.69, 9.17) is 0 Å². The Balaban J connectivity index is 2.28. The fourth-order valence-corrected chi connectivity index (χ4v) is 7.46. The highest BCUT2D eigenvalue weighted by atomic mass is 32.2. The van der Waals surface area contributed by atoms with Crippen LogP contribution < -0.4 is 10.6 Å². The van der Waals surface area contributed by atoms with Crippen LogP contribution in [-0.2, 0) is 24.5 Å². The molecular formula is C15H22N2O5S2. The SMILES string of the molecule is CCCN[C@@H]1CS(=O)(=O)C[C@H]1S(=O)(=O)c1ccc(NC(C)=O)cc1. The molecule has 1 amide bonds. The maximum absolute atomic E-state index is 12.8. The predicted octanol–water partition coefficient (Wildman–Crippen LogP) is 0.584. The summed E-state index contributed by atoms with van der Waals surface area (Å²) in [6.45, 7) is 3.85. The molecule has 7 nitrogen and oxygen atoms in total. The maximum Gasteiger partial charge on any atom is 0.221 e. The van der Waals surface area contributed by atoms with Gasteiger partial charge in [-0.3, -0.25) is 4.79 Å². The smallest absolute Gasteiger partial charge is 0.221 e. The van der Waals surface area contributed by atoms with E-state index in [9.17, 15) is 21.6 Å². The number of hydrogen-bond donors (Lipinski definition) is 2. The fourth-order valence-electron chi connectivity index (χ4n) is 2.75. The molecule has 1 aromatic carbocycles. The zero-order chi connectivity index (χ0) is 18.0. The Bertz CT molecular complexity index is 801. The Kier molecular flexibility index (Phi) is 5.67. The van der Waals surface area contributed by atoms with Gasteiger partial charge in [-0.05, 0) is 37.2 Å². The number of carbonyl (C=O) groups is 1. The van der Waals surface area contributed by atoms with E-state index in [2.05, 4.69) is 10.6 Å². The Morgan fingerprint density at radius 3 is 2.38 bits per heavy atom. The van der Waals surface area contributed by atoms with Crippen LogP contribution in [0.4, 0.5) is 5.69 Å². The molecule has 1 fully saturated rings. The summed E-state index contributed by atoms with van der Waals surface area (Å²) in [6.07, 6.45) is 0.786. The first-order valence-corrected chi connectivity index (χ1v) is 11.1. The zero-order valence-electron chi connectivity index (χ0n) is 13.7. The topological polar surface area (TPSA) is 109 Å². The van der Waals surface area contributed by atoms with Gasteiger partial charge in [0.1, 0.15) is 0 Å². The van der Waals surface area contributed by atoms with Crippen molar-refractivity contribution < 1.29 is 21.6 Å². The number of amides is 1. The number of anilines is 1. The summed E-state index contributed by atoms with van der Waals surface area (Å²) < 4.78 is 49.5. The van der Waals surface area contributed by atoms with Gasteiger partial charge < -0.3 is 10.6 Å². The third kappa shape index (κ3) is 4.34. The van der Waals surface area contributed by atoms with E-state index < -0.39 is 31.0 Å². The number of hydrogen-bond acceptors (Lipinski definition) is 6. The molecule has 0 unspecified atom stereocenters. The second-order valence-electron chi connectivity index (χ2n) is 5.93. The second-order valence-corrected chi connectivity index (χ2v) is 10.2. The average Bonchev–Trinajstić information content (AvgIpc) is 2.81. The molecule has 9 heteroatoms. The van der Waals surface area contributed by atoms with Crippen LogP contribution in [0.5, 0.6) is 0 Å². The van der Waals surface area contributed by atoms with Crippen molar-refractivity contribution in [1.29, 1.82) is 0 Å². The highest BCUT2D eigenvalue weighted by molar-refractivity contribution is 7.96. The van der Waals surface area contributed by atoms with Crippen LogP contribution in [-0.4, -0.2) is 52.1 Å². The van der Waals surface area contributed by atoms with E-state index in [1.165, 1.54) is 31.2 Å². The average molecular weight is 374 g/mol. The molecule has 2 atom stereocenters. The van der Waals surface area contributed by atoms with Crippen molar-refractivity contribution in [2.45, 2.75) is 36.5 Å². The van der Waals surface area contributed by atoms with Gasteiger partial charge in [-0.2, -0.15) is 0 Å². The monoisotopic (exact) mass is 374 g/mol. The Hall–Kier alpha value is -1.45. The van der Waals surface area contributed by atoms with Crippen LogP contribution in [0, 0.1) is 0 Å². The van der Waals surface area contributed by atoms with E-state index in [1.54, 1.807) is 0 Å². The molecule has 0 saturated carbocycles. The number of rotatable bonds is 6. The van der Waals surface area contributed by atoms with Crippen molar-refractivity contribution >= 4 is 31.3 Å². The van der Waals surface area contributed by atoms with Crippen molar-refractivity contribution in [2.24, 2.45) is 0 Å². The van der Waals surface area contributed by atoms with Crippen LogP contribution in [0.1, 0.15) is 20.3 Å². The molecule has 0 bridgehead atoms. The Morgan fingerprint density at radius 1 is 1.21 bits per heavy atom. The standard InChI is InChI=1S/C15H22N2O5S2/c1-3-8-16-14-9-23(19,20)10-15(14)24(21,22)13-6-4-12(5-7-13)17-11(2)18/h4-7,14-16H,3,8-10H2,1-2H3,(H,17,18)/t14-,15-/m1/s1. The summed E-state index contributed by atoms with van der Waals surface area (Å²) in [5.74, 6) is -0.790. The first kappa shape index (κ1) is 18.9. The van der Waals surface area contributed by atoms with Gasteiger partial charge in [0.2, 0.25) is 5.91 Å². The van der Waals surface area contributed by atoms with Gasteiger partial charge in [-0.1, -0.05) is 6.92 Å². The van der Waals surface area contributed by atoms with Crippen LogP contribution in [0.3, 0.4) is 0 Å². The highest BCUT2D eigenvalue weighted by Gasteiger charge is 2.45. The van der Waals surface area contributed by atoms with E-state index in [0.29, 0.717) is 12.2 Å². The van der Waals surface area contributed by atoms with E-state index in [1.807, 2.05) is 6.92 Å². The molecule has 2 rings (SSSR count). The van der Waals surface area contributed by atoms with Crippen molar-refractivity contribution in [3.8, 4) is 0 Å². The summed E-state index contributed by atoms with van der Waals surface area (Å²) >= 11 is 0. The summed E-state index contributed by atoms with van der Waals surface area (Å²) in [4.78, 5) is 11.1. The van der Waals surface area contributed by atoms with Crippen LogP contribution in [0.15, 0.2) is 29.2 Å². The lowest BCUT2D eigenvalue weighted by atomic mass is 10.2. The molecule has 0 spiro atoms. The molecule has 0 aromatic heterocycles. The largest absolute Gasteiger partial charge is 0.326 e. The van der Waals surface area contributed by atoms with Gasteiger partial charge in [-0.25, -0.2) is 16.8 Å². The van der Waals surface area contributed by atoms with Crippen molar-refractivity contribution in [3.63, 3.8) is 0 Å². The Morgan fingerprint density at radius 2 is 1.83 bits per heavy atom. The summed E-state index contributed by atoms with van der Waals surface area (Å²) in [7, 11) is -7.18. The first-order chi connectivity index (χ1) is 11.2. The van der Waals surface area contributed by atoms with Crippen LogP contribution in [0.2, 0.25) is 0 Å². The number of carbonyl (C=O) groups excluding carboxylic acids is 1. The Labute approximate surface area is 142 Å². The molecule has 1 aromatic rings. The molecule has 0 aliphatic carbocycles. The summed E-state index contributed by atoms with van der Waals surface area (Å²) in [5, 5.41) is 4.60. The van der Waals surface area contributed by atoms with Crippen molar-refractivity contribution in [3.05, 3.63) is 24.3 Å². The lowest BCUT2D eigenvalue weighted by Gasteiger charge is -2.19. The molecule has 2 N–H and O–H groups in total. The molecular weight excluding hydrogens is 352 g/mol. The number of benzene rings is 1. The lowest BCUT2D eigenvalue weighted by Crippen LogP contribution is -2.43. The number of nitrogens with one attached hydrogen (secondary N) is 2. The van der Waals surface area contributed by atoms with E-state index >= 15 is 0 Å². The summed E-state index contributed by atoms with van der Waals surface area (Å²) in [6, 6.07) is 5.17. The van der Waals surface area contributed by atoms with Gasteiger partial charge in [0.05, 0.1) is 21.7 Å². The zero-order valence-corrected chi connectivity index (χ0v) is 15.3. The maximum atomic E-state index is 12.8. The van der Waals surface area contributed by atoms with Crippen molar-refractivity contribution in [2.75, 3.05) is 23.4 Å². The molecule has 1 aliphatic heterocycles. The molecule has 24 heavy (non-hydrogen) atoms. The lowest BCUT2D eigenvalue weighted by molar-refractivity contribution is -0.114. The minimum Gasteiger partial charge on any atom is -0.326 e. The minimum atomic E-state index is -3.79. The van der Waals surface area contributed by atoms with Crippen LogP contribution >= 0.6 is 0 Å². The van der Waals surface area contributed by atoms with Gasteiger partial charge in [0.25, 0.3) is 0 Å². The quantitative estimate of drug-likeness (QED) is 0.754. The fraction of sp³-hybridized carbons (Fsp3) is 0.533. The molecule has 1 heterocycles. The predicted molar refractivity (Wildman–Crippen MR) is 92.5 cm³/mol. The van der Waals surface area contributed by atoms with Gasteiger partial charge in [-0.15, -0.1) is 0 Å². The molecule has 134 valence electrons. The number of sulfone groups is 2. The third-order valence-corrected chi connectivity index (χ3v) is 8.03. The third-order valence-electron chi connectivity index (χ3n) is 3.86. The highest BCUT2D eigenvalue weighted by Crippen LogP contribution is 2.26. The van der Waals surface area contributed by atoms with E-state index in [-0.39, 0.29) is 22.3 Å². The normalized spacial score (nSPS) is 23.1. The molecule has 1 saturated heterocycles. The van der Waals surface area contributed by atoms with Gasteiger partial charge >= 0.3 is 0 Å². The van der Waals surface area contributed by atoms with Crippen LogP contribution in [0.25, 0.3) is 0 Å². The first-order valence-electron chi connectivity index (χ1n) is 7.71. The van der Waals surface area contributed by atoms with Gasteiger partial charge in [0, 0.05) is 18.7 Å².